The number of hydrogen-bond donors (Lipinski definition) is 2. The average Bonchev–Trinajstić information content (AvgIpc) is 3.19. The Morgan fingerprint density at radius 2 is 1.97 bits per heavy atom. The van der Waals surface area contributed by atoms with E-state index in [1.807, 2.05) is 32.0 Å². The maximum Gasteiger partial charge on any atom is 0.333 e. The van der Waals surface area contributed by atoms with Crippen molar-refractivity contribution in [1.29, 1.82) is 5.26 Å². The van der Waals surface area contributed by atoms with Crippen molar-refractivity contribution >= 4 is 11.7 Å². The van der Waals surface area contributed by atoms with Crippen LogP contribution in [0.3, 0.4) is 0 Å². The highest BCUT2D eigenvalue weighted by Crippen LogP contribution is 2.30. The van der Waals surface area contributed by atoms with E-state index < -0.39 is 12.0 Å². The number of ether oxygens (including phenoxy) is 2. The lowest BCUT2D eigenvalue weighted by atomic mass is 10.0. The van der Waals surface area contributed by atoms with Crippen LogP contribution in [0.1, 0.15) is 36.8 Å². The van der Waals surface area contributed by atoms with E-state index >= 15 is 0 Å². The molecule has 7 heteroatoms. The van der Waals surface area contributed by atoms with E-state index in [2.05, 4.69) is 21.4 Å². The van der Waals surface area contributed by atoms with Crippen LogP contribution in [0.5, 0.6) is 5.75 Å². The van der Waals surface area contributed by atoms with Gasteiger partial charge in [-0.1, -0.05) is 0 Å². The van der Waals surface area contributed by atoms with Gasteiger partial charge in [0.05, 0.1) is 36.7 Å². The number of benzene rings is 2. The smallest absolute Gasteiger partial charge is 0.333 e. The second kappa shape index (κ2) is 9.61. The summed E-state index contributed by atoms with van der Waals surface area (Å²) in [5, 5.41) is 12.2. The number of aromatic amines is 1. The number of imidazole rings is 1. The zero-order chi connectivity index (χ0) is 21.5. The molecule has 1 aromatic heterocycles. The lowest BCUT2D eigenvalue weighted by Crippen LogP contribution is -2.23. The summed E-state index contributed by atoms with van der Waals surface area (Å²) in [5.41, 5.74) is 3.63. The molecule has 0 aliphatic carbocycles. The number of anilines is 1. The van der Waals surface area contributed by atoms with Crippen LogP contribution in [-0.2, 0) is 9.53 Å². The number of aromatic nitrogens is 2. The Morgan fingerprint density at radius 3 is 2.57 bits per heavy atom. The zero-order valence-corrected chi connectivity index (χ0v) is 17.2. The molecule has 0 amide bonds. The molecule has 7 nitrogen and oxygen atoms in total. The molecule has 0 saturated heterocycles. The van der Waals surface area contributed by atoms with E-state index in [0.29, 0.717) is 29.2 Å². The standard InChI is InChI=1S/C23H24N4O3/c1-4-29-20-11-17(21-14-25-15(3)26-21)10-18(12-20)22(23(28)30-5-2)27-19-8-6-16(13-24)7-9-19/h6-12,14,22,27H,4-5H2,1-3H3,(H,25,26). The molecule has 1 unspecified atom stereocenters. The van der Waals surface area contributed by atoms with E-state index in [0.717, 1.165) is 17.1 Å². The monoisotopic (exact) mass is 404 g/mol. The average molecular weight is 404 g/mol. The van der Waals surface area contributed by atoms with Crippen molar-refractivity contribution < 1.29 is 14.3 Å². The lowest BCUT2D eigenvalue weighted by molar-refractivity contribution is -0.144. The van der Waals surface area contributed by atoms with Gasteiger partial charge in [-0.05, 0) is 68.8 Å². The first-order valence-corrected chi connectivity index (χ1v) is 9.77. The lowest BCUT2D eigenvalue weighted by Gasteiger charge is -2.20. The SMILES string of the molecule is CCOC(=O)C(Nc1ccc(C#N)cc1)c1cc(OCC)cc(-c2cnc(C)[nH]2)c1. The first kappa shape index (κ1) is 20.9. The van der Waals surface area contributed by atoms with Crippen LogP contribution >= 0.6 is 0 Å². The van der Waals surface area contributed by atoms with Crippen LogP contribution in [0.15, 0.2) is 48.7 Å². The van der Waals surface area contributed by atoms with Crippen molar-refractivity contribution in [3.63, 3.8) is 0 Å². The third kappa shape index (κ3) is 4.97. The summed E-state index contributed by atoms with van der Waals surface area (Å²) >= 11 is 0. The minimum atomic E-state index is -0.749. The molecule has 1 heterocycles. The van der Waals surface area contributed by atoms with Crippen LogP contribution in [0.4, 0.5) is 5.69 Å². The highest BCUT2D eigenvalue weighted by molar-refractivity contribution is 5.82. The van der Waals surface area contributed by atoms with Crippen LogP contribution in [-0.4, -0.2) is 29.2 Å². The van der Waals surface area contributed by atoms with Crippen molar-refractivity contribution in [1.82, 2.24) is 9.97 Å². The number of esters is 1. The molecule has 154 valence electrons. The summed E-state index contributed by atoms with van der Waals surface area (Å²) in [6, 6.07) is 13.9. The van der Waals surface area contributed by atoms with Crippen molar-refractivity contribution in [2.24, 2.45) is 0 Å². The van der Waals surface area contributed by atoms with E-state index in [9.17, 15) is 4.79 Å². The molecule has 30 heavy (non-hydrogen) atoms. The molecule has 1 atom stereocenters. The van der Waals surface area contributed by atoms with Gasteiger partial charge in [0.25, 0.3) is 0 Å². The summed E-state index contributed by atoms with van der Waals surface area (Å²) in [5.74, 6) is 1.04. The van der Waals surface area contributed by atoms with Gasteiger partial charge in [-0.3, -0.25) is 0 Å². The molecule has 0 aliphatic rings. The fourth-order valence-electron chi connectivity index (χ4n) is 3.07. The largest absolute Gasteiger partial charge is 0.494 e. The maximum absolute atomic E-state index is 12.8. The van der Waals surface area contributed by atoms with Gasteiger partial charge >= 0.3 is 5.97 Å². The second-order valence-electron chi connectivity index (χ2n) is 6.62. The zero-order valence-electron chi connectivity index (χ0n) is 17.2. The summed E-state index contributed by atoms with van der Waals surface area (Å²) in [6.45, 7) is 6.32. The predicted octanol–water partition coefficient (Wildman–Crippen LogP) is 4.37. The van der Waals surface area contributed by atoms with E-state index in [1.165, 1.54) is 0 Å². The van der Waals surface area contributed by atoms with Gasteiger partial charge in [-0.15, -0.1) is 0 Å². The van der Waals surface area contributed by atoms with Crippen LogP contribution in [0.25, 0.3) is 11.3 Å². The molecule has 0 saturated carbocycles. The second-order valence-corrected chi connectivity index (χ2v) is 6.62. The van der Waals surface area contributed by atoms with Gasteiger partial charge in [0.2, 0.25) is 0 Å². The van der Waals surface area contributed by atoms with E-state index in [-0.39, 0.29) is 6.61 Å². The Balaban J connectivity index is 2.03. The van der Waals surface area contributed by atoms with Crippen LogP contribution in [0, 0.1) is 18.3 Å². The minimum Gasteiger partial charge on any atom is -0.494 e. The van der Waals surface area contributed by atoms with Gasteiger partial charge in [-0.2, -0.15) is 5.26 Å². The quantitative estimate of drug-likeness (QED) is 0.541. The fourth-order valence-corrected chi connectivity index (χ4v) is 3.07. The number of nitrogens with one attached hydrogen (secondary N) is 2. The molecular weight excluding hydrogens is 380 g/mol. The summed E-state index contributed by atoms with van der Waals surface area (Å²) in [4.78, 5) is 20.3. The number of carbonyl (C=O) groups excluding carboxylic acids is 1. The summed E-state index contributed by atoms with van der Waals surface area (Å²) in [7, 11) is 0. The number of hydrogen-bond acceptors (Lipinski definition) is 6. The van der Waals surface area contributed by atoms with Crippen molar-refractivity contribution in [3.05, 3.63) is 65.6 Å². The third-order valence-electron chi connectivity index (χ3n) is 4.43. The Morgan fingerprint density at radius 1 is 1.20 bits per heavy atom. The number of H-pyrrole nitrogens is 1. The molecule has 3 rings (SSSR count). The molecule has 0 radical (unpaired) electrons. The van der Waals surface area contributed by atoms with E-state index in [4.69, 9.17) is 14.7 Å². The van der Waals surface area contributed by atoms with Gasteiger partial charge in [-0.25, -0.2) is 9.78 Å². The van der Waals surface area contributed by atoms with Crippen molar-refractivity contribution in [2.45, 2.75) is 26.8 Å². The highest BCUT2D eigenvalue weighted by Gasteiger charge is 2.24. The predicted molar refractivity (Wildman–Crippen MR) is 114 cm³/mol. The minimum absolute atomic E-state index is 0.266. The molecule has 0 bridgehead atoms. The van der Waals surface area contributed by atoms with Gasteiger partial charge in [0, 0.05) is 11.3 Å². The third-order valence-corrected chi connectivity index (χ3v) is 4.43. The molecule has 0 fully saturated rings. The normalized spacial score (nSPS) is 11.4. The molecule has 3 aromatic rings. The molecule has 2 aromatic carbocycles. The maximum atomic E-state index is 12.8. The molecule has 2 N–H and O–H groups in total. The highest BCUT2D eigenvalue weighted by atomic mass is 16.5. The van der Waals surface area contributed by atoms with Crippen molar-refractivity contribution in [2.75, 3.05) is 18.5 Å². The number of nitriles is 1. The van der Waals surface area contributed by atoms with Crippen LogP contribution in [0.2, 0.25) is 0 Å². The van der Waals surface area contributed by atoms with Crippen molar-refractivity contribution in [3.8, 4) is 23.1 Å². The number of carbonyl (C=O) groups is 1. The number of aryl methyl sites for hydroxylation is 1. The Labute approximate surface area is 175 Å². The summed E-state index contributed by atoms with van der Waals surface area (Å²) in [6.07, 6.45) is 1.75. The van der Waals surface area contributed by atoms with Gasteiger partial charge < -0.3 is 19.8 Å². The van der Waals surface area contributed by atoms with E-state index in [1.54, 1.807) is 37.4 Å². The van der Waals surface area contributed by atoms with Gasteiger partial charge in [0.15, 0.2) is 6.04 Å². The van der Waals surface area contributed by atoms with Crippen LogP contribution < -0.4 is 10.1 Å². The number of nitrogens with zero attached hydrogens (tertiary/aromatic N) is 2. The summed E-state index contributed by atoms with van der Waals surface area (Å²) < 4.78 is 11.0. The van der Waals surface area contributed by atoms with Gasteiger partial charge in [0.1, 0.15) is 11.6 Å². The fraction of sp³-hybridized carbons (Fsp3) is 0.261. The first-order chi connectivity index (χ1) is 14.5. The molecule has 0 aliphatic heterocycles. The molecular formula is C23H24N4O3. The Hall–Kier alpha value is -3.79. The Bertz CT molecular complexity index is 1050. The Kier molecular flexibility index (Phi) is 6.71. The number of rotatable bonds is 8. The topological polar surface area (TPSA) is 100 Å². The first-order valence-electron chi connectivity index (χ1n) is 9.77. The molecule has 0 spiro atoms.